The number of aryl methyl sites for hydroxylation is 3. The van der Waals surface area contributed by atoms with E-state index in [1.807, 2.05) is 18.3 Å². The SMILES string of the molecule is Cc1cccc(CO[C@H]2C[C@@H](c3n[nH]c(C)n3)N(Cc3ccc(C)s3)C2)c1. The molecule has 0 saturated carbocycles. The maximum atomic E-state index is 6.27. The molecule has 2 atom stereocenters. The predicted molar refractivity (Wildman–Crippen MR) is 108 cm³/mol. The maximum Gasteiger partial charge on any atom is 0.167 e. The van der Waals surface area contributed by atoms with Gasteiger partial charge in [0, 0.05) is 22.8 Å². The Hall–Kier alpha value is -2.02. The summed E-state index contributed by atoms with van der Waals surface area (Å²) in [4.78, 5) is 9.77. The summed E-state index contributed by atoms with van der Waals surface area (Å²) < 4.78 is 6.27. The van der Waals surface area contributed by atoms with E-state index in [9.17, 15) is 0 Å². The van der Waals surface area contributed by atoms with Crippen LogP contribution in [0, 0.1) is 20.8 Å². The van der Waals surface area contributed by atoms with E-state index < -0.39 is 0 Å². The van der Waals surface area contributed by atoms with Crippen LogP contribution >= 0.6 is 11.3 Å². The Morgan fingerprint density at radius 3 is 2.81 bits per heavy atom. The molecule has 1 aliphatic heterocycles. The van der Waals surface area contributed by atoms with Gasteiger partial charge in [0.1, 0.15) is 5.82 Å². The summed E-state index contributed by atoms with van der Waals surface area (Å²) in [7, 11) is 0. The van der Waals surface area contributed by atoms with Crippen molar-refractivity contribution in [3.63, 3.8) is 0 Å². The highest BCUT2D eigenvalue weighted by atomic mass is 32.1. The minimum absolute atomic E-state index is 0.190. The Labute approximate surface area is 164 Å². The standard InChI is InChI=1S/C21H26N4OS/c1-14-5-4-6-17(9-14)13-26-18-10-20(21-22-16(3)23-24-21)25(11-18)12-19-8-7-15(2)27-19/h4-9,18,20H,10-13H2,1-3H3,(H,22,23,24)/t18-,20-/m0/s1. The first-order chi connectivity index (χ1) is 13.1. The maximum absolute atomic E-state index is 6.27. The molecule has 0 unspecified atom stereocenters. The summed E-state index contributed by atoms with van der Waals surface area (Å²) >= 11 is 1.86. The van der Waals surface area contributed by atoms with Gasteiger partial charge < -0.3 is 4.74 Å². The van der Waals surface area contributed by atoms with Crippen LogP contribution < -0.4 is 0 Å². The van der Waals surface area contributed by atoms with Gasteiger partial charge in [-0.25, -0.2) is 4.98 Å². The van der Waals surface area contributed by atoms with Crippen molar-refractivity contribution in [1.82, 2.24) is 20.1 Å². The molecule has 4 rings (SSSR count). The van der Waals surface area contributed by atoms with Crippen LogP contribution in [0.2, 0.25) is 0 Å². The molecular weight excluding hydrogens is 356 g/mol. The van der Waals surface area contributed by atoms with Crippen LogP contribution in [0.15, 0.2) is 36.4 Å². The fourth-order valence-electron chi connectivity index (χ4n) is 3.72. The highest BCUT2D eigenvalue weighted by molar-refractivity contribution is 7.11. The second kappa shape index (κ2) is 7.92. The molecular formula is C21H26N4OS. The molecule has 0 radical (unpaired) electrons. The van der Waals surface area contributed by atoms with Gasteiger partial charge in [-0.05, 0) is 44.9 Å². The zero-order valence-corrected chi connectivity index (χ0v) is 16.9. The first-order valence-corrected chi connectivity index (χ1v) is 10.2. The lowest BCUT2D eigenvalue weighted by Gasteiger charge is -2.21. The van der Waals surface area contributed by atoms with Crippen LogP contribution in [0.4, 0.5) is 0 Å². The van der Waals surface area contributed by atoms with Gasteiger partial charge in [0.15, 0.2) is 5.82 Å². The number of aromatic amines is 1. The van der Waals surface area contributed by atoms with Crippen molar-refractivity contribution in [2.24, 2.45) is 0 Å². The van der Waals surface area contributed by atoms with E-state index in [0.29, 0.717) is 6.61 Å². The van der Waals surface area contributed by atoms with Crippen LogP contribution in [0.1, 0.15) is 45.0 Å². The van der Waals surface area contributed by atoms with E-state index >= 15 is 0 Å². The van der Waals surface area contributed by atoms with Crippen LogP contribution in [0.25, 0.3) is 0 Å². The fraction of sp³-hybridized carbons (Fsp3) is 0.429. The number of hydrogen-bond acceptors (Lipinski definition) is 5. The average Bonchev–Trinajstić information content (AvgIpc) is 3.34. The number of thiophene rings is 1. The average molecular weight is 383 g/mol. The molecule has 0 spiro atoms. The molecule has 2 aromatic heterocycles. The monoisotopic (exact) mass is 382 g/mol. The first kappa shape index (κ1) is 18.3. The van der Waals surface area contributed by atoms with Gasteiger partial charge in [0.25, 0.3) is 0 Å². The third kappa shape index (κ3) is 4.46. The summed E-state index contributed by atoms with van der Waals surface area (Å²) in [5.74, 6) is 1.74. The highest BCUT2D eigenvalue weighted by Gasteiger charge is 2.36. The third-order valence-corrected chi connectivity index (χ3v) is 5.99. The number of benzene rings is 1. The van der Waals surface area contributed by atoms with Crippen molar-refractivity contribution < 1.29 is 4.74 Å². The second-order valence-corrected chi connectivity index (χ2v) is 8.77. The van der Waals surface area contributed by atoms with Crippen molar-refractivity contribution >= 4 is 11.3 Å². The number of rotatable bonds is 6. The van der Waals surface area contributed by atoms with Crippen molar-refractivity contribution in [3.8, 4) is 0 Å². The van der Waals surface area contributed by atoms with Crippen molar-refractivity contribution in [3.05, 3.63) is 68.9 Å². The van der Waals surface area contributed by atoms with Crippen LogP contribution in [-0.4, -0.2) is 32.7 Å². The molecule has 3 heterocycles. The molecule has 27 heavy (non-hydrogen) atoms. The second-order valence-electron chi connectivity index (χ2n) is 7.39. The molecule has 142 valence electrons. The number of nitrogens with zero attached hydrogens (tertiary/aromatic N) is 3. The lowest BCUT2D eigenvalue weighted by molar-refractivity contribution is 0.0461. The smallest absolute Gasteiger partial charge is 0.167 e. The van der Waals surface area contributed by atoms with Crippen LogP contribution in [0.3, 0.4) is 0 Å². The Morgan fingerprint density at radius 1 is 1.22 bits per heavy atom. The first-order valence-electron chi connectivity index (χ1n) is 9.42. The molecule has 6 heteroatoms. The minimum Gasteiger partial charge on any atom is -0.372 e. The summed E-state index contributed by atoms with van der Waals surface area (Å²) in [6.07, 6.45) is 1.11. The molecule has 1 saturated heterocycles. The van der Waals surface area contributed by atoms with E-state index in [2.05, 4.69) is 70.3 Å². The van der Waals surface area contributed by atoms with E-state index in [-0.39, 0.29) is 12.1 Å². The van der Waals surface area contributed by atoms with Crippen LogP contribution in [-0.2, 0) is 17.9 Å². The van der Waals surface area contributed by atoms with Gasteiger partial charge in [0.05, 0.1) is 18.8 Å². The van der Waals surface area contributed by atoms with Gasteiger partial charge >= 0.3 is 0 Å². The number of nitrogens with one attached hydrogen (secondary N) is 1. The normalized spacial score (nSPS) is 20.4. The lowest BCUT2D eigenvalue weighted by atomic mass is 10.1. The van der Waals surface area contributed by atoms with Gasteiger partial charge in [0.2, 0.25) is 0 Å². The quantitative estimate of drug-likeness (QED) is 0.690. The zero-order valence-electron chi connectivity index (χ0n) is 16.1. The van der Waals surface area contributed by atoms with Crippen molar-refractivity contribution in [2.75, 3.05) is 6.54 Å². The van der Waals surface area contributed by atoms with Gasteiger partial charge in [-0.2, -0.15) is 5.10 Å². The van der Waals surface area contributed by atoms with E-state index in [1.54, 1.807) is 0 Å². The van der Waals surface area contributed by atoms with Gasteiger partial charge in [-0.3, -0.25) is 10.00 Å². The number of hydrogen-bond donors (Lipinski definition) is 1. The van der Waals surface area contributed by atoms with Crippen LogP contribution in [0.5, 0.6) is 0 Å². The zero-order chi connectivity index (χ0) is 18.8. The molecule has 0 amide bonds. The molecule has 1 aliphatic rings. The summed E-state index contributed by atoms with van der Waals surface area (Å²) in [6, 6.07) is 13.1. The third-order valence-electron chi connectivity index (χ3n) is 5.00. The Kier molecular flexibility index (Phi) is 5.38. The molecule has 1 N–H and O–H groups in total. The van der Waals surface area contributed by atoms with Crippen molar-refractivity contribution in [2.45, 2.75) is 52.5 Å². The number of aromatic nitrogens is 3. The molecule has 0 bridgehead atoms. The predicted octanol–water partition coefficient (Wildman–Crippen LogP) is 4.32. The Bertz CT molecular complexity index is 903. The molecule has 3 aromatic rings. The van der Waals surface area contributed by atoms with Gasteiger partial charge in [-0.15, -0.1) is 11.3 Å². The van der Waals surface area contributed by atoms with E-state index in [0.717, 1.165) is 31.2 Å². The summed E-state index contributed by atoms with van der Waals surface area (Å²) in [6.45, 7) is 8.69. The van der Waals surface area contributed by atoms with E-state index in [1.165, 1.54) is 20.9 Å². The molecule has 0 aliphatic carbocycles. The molecule has 5 nitrogen and oxygen atoms in total. The fourth-order valence-corrected chi connectivity index (χ4v) is 4.64. The molecule has 1 aromatic carbocycles. The summed E-state index contributed by atoms with van der Waals surface area (Å²) in [5, 5.41) is 7.42. The number of ether oxygens (including phenoxy) is 1. The number of H-pyrrole nitrogens is 1. The van der Waals surface area contributed by atoms with Gasteiger partial charge in [-0.1, -0.05) is 29.8 Å². The highest BCUT2D eigenvalue weighted by Crippen LogP contribution is 2.34. The largest absolute Gasteiger partial charge is 0.372 e. The summed E-state index contributed by atoms with van der Waals surface area (Å²) in [5.41, 5.74) is 2.50. The Balaban J connectivity index is 1.46. The van der Waals surface area contributed by atoms with E-state index in [4.69, 9.17) is 4.74 Å². The minimum atomic E-state index is 0.190. The lowest BCUT2D eigenvalue weighted by Crippen LogP contribution is -2.25. The molecule has 1 fully saturated rings. The topological polar surface area (TPSA) is 54.0 Å². The number of likely N-dealkylation sites (tertiary alicyclic amines) is 1. The van der Waals surface area contributed by atoms with Crippen molar-refractivity contribution in [1.29, 1.82) is 0 Å². The Morgan fingerprint density at radius 2 is 2.11 bits per heavy atom.